The number of ether oxygens (including phenoxy) is 1. The molecule has 16 heavy (non-hydrogen) atoms. The molecule has 0 aromatic heterocycles. The summed E-state index contributed by atoms with van der Waals surface area (Å²) in [5, 5.41) is 0. The van der Waals surface area contributed by atoms with Crippen LogP contribution in [0.5, 0.6) is 5.75 Å². The number of carbonyl (C=O) groups excluding carboxylic acids is 1. The highest BCUT2D eigenvalue weighted by Gasteiger charge is 2.33. The minimum atomic E-state index is -4.84. The van der Waals surface area contributed by atoms with Crippen molar-refractivity contribution in [1.82, 2.24) is 0 Å². The summed E-state index contributed by atoms with van der Waals surface area (Å²) >= 11 is 0. The van der Waals surface area contributed by atoms with Gasteiger partial charge in [-0.3, -0.25) is 4.79 Å². The minimum Gasteiger partial charge on any atom is -0.405 e. The van der Waals surface area contributed by atoms with Crippen LogP contribution in [0.25, 0.3) is 0 Å². The van der Waals surface area contributed by atoms with Crippen LogP contribution in [0.1, 0.15) is 22.8 Å². The van der Waals surface area contributed by atoms with E-state index in [0.717, 1.165) is 6.07 Å². The summed E-state index contributed by atoms with van der Waals surface area (Å²) in [5.74, 6) is -1.49. The van der Waals surface area contributed by atoms with Crippen molar-refractivity contribution >= 4 is 5.91 Å². The molecule has 88 valence electrons. The van der Waals surface area contributed by atoms with Crippen molar-refractivity contribution in [3.05, 3.63) is 29.3 Å². The Bertz CT molecular complexity index is 402. The van der Waals surface area contributed by atoms with Gasteiger partial charge in [0.2, 0.25) is 0 Å². The van der Waals surface area contributed by atoms with E-state index < -0.39 is 18.0 Å². The average molecular weight is 233 g/mol. The minimum absolute atomic E-state index is 0.220. The molecule has 6 heteroatoms. The number of carbonyl (C=O) groups is 1. The number of rotatable bonds is 3. The molecular formula is C10H10F3NO2. The zero-order chi connectivity index (χ0) is 12.3. The van der Waals surface area contributed by atoms with E-state index in [1.165, 1.54) is 12.1 Å². The Morgan fingerprint density at radius 2 is 2.06 bits per heavy atom. The van der Waals surface area contributed by atoms with Crippen molar-refractivity contribution in [1.29, 1.82) is 0 Å². The molecule has 3 nitrogen and oxygen atoms in total. The Labute approximate surface area is 90.0 Å². The van der Waals surface area contributed by atoms with E-state index in [9.17, 15) is 18.0 Å². The molecule has 1 amide bonds. The van der Waals surface area contributed by atoms with Crippen LogP contribution in [-0.4, -0.2) is 12.3 Å². The second-order valence-corrected chi connectivity index (χ2v) is 3.06. The van der Waals surface area contributed by atoms with E-state index in [-0.39, 0.29) is 5.56 Å². The van der Waals surface area contributed by atoms with E-state index in [1.807, 2.05) is 0 Å². The largest absolute Gasteiger partial charge is 0.573 e. The molecule has 0 bridgehead atoms. The third-order valence-electron chi connectivity index (χ3n) is 1.97. The maximum absolute atomic E-state index is 12.0. The van der Waals surface area contributed by atoms with Gasteiger partial charge in [0.05, 0.1) is 5.56 Å². The predicted molar refractivity (Wildman–Crippen MR) is 51.0 cm³/mol. The lowest BCUT2D eigenvalue weighted by molar-refractivity contribution is -0.274. The first-order valence-electron chi connectivity index (χ1n) is 4.52. The average Bonchev–Trinajstić information content (AvgIpc) is 2.14. The summed E-state index contributed by atoms with van der Waals surface area (Å²) in [4.78, 5) is 11.1. The number of hydrogen-bond acceptors (Lipinski definition) is 2. The predicted octanol–water partition coefficient (Wildman–Crippen LogP) is 2.25. The summed E-state index contributed by atoms with van der Waals surface area (Å²) in [7, 11) is 0. The van der Waals surface area contributed by atoms with Crippen LogP contribution in [-0.2, 0) is 6.42 Å². The van der Waals surface area contributed by atoms with Gasteiger partial charge in [0, 0.05) is 0 Å². The van der Waals surface area contributed by atoms with Crippen molar-refractivity contribution in [2.24, 2.45) is 5.73 Å². The topological polar surface area (TPSA) is 52.3 Å². The highest BCUT2D eigenvalue weighted by Crippen LogP contribution is 2.28. The smallest absolute Gasteiger partial charge is 0.405 e. The van der Waals surface area contributed by atoms with Gasteiger partial charge in [-0.05, 0) is 18.1 Å². The molecule has 0 aliphatic heterocycles. The van der Waals surface area contributed by atoms with Gasteiger partial charge in [0.15, 0.2) is 0 Å². The second kappa shape index (κ2) is 4.42. The van der Waals surface area contributed by atoms with Crippen LogP contribution in [0.4, 0.5) is 13.2 Å². The first-order chi connectivity index (χ1) is 7.35. The summed E-state index contributed by atoms with van der Waals surface area (Å²) in [6.45, 7) is 1.71. The molecule has 1 aromatic carbocycles. The van der Waals surface area contributed by atoms with Crippen molar-refractivity contribution in [2.75, 3.05) is 0 Å². The van der Waals surface area contributed by atoms with Crippen molar-refractivity contribution in [3.63, 3.8) is 0 Å². The third kappa shape index (κ3) is 2.88. The molecule has 0 radical (unpaired) electrons. The van der Waals surface area contributed by atoms with Gasteiger partial charge in [-0.15, -0.1) is 13.2 Å². The lowest BCUT2D eigenvalue weighted by atomic mass is 10.0. The van der Waals surface area contributed by atoms with E-state index in [4.69, 9.17) is 5.73 Å². The monoisotopic (exact) mass is 233 g/mol. The Morgan fingerprint density at radius 3 is 2.50 bits per heavy atom. The normalized spacial score (nSPS) is 11.2. The van der Waals surface area contributed by atoms with Gasteiger partial charge in [0.1, 0.15) is 5.75 Å². The first-order valence-corrected chi connectivity index (χ1v) is 4.52. The molecule has 0 spiro atoms. The van der Waals surface area contributed by atoms with Crippen molar-refractivity contribution in [2.45, 2.75) is 19.7 Å². The van der Waals surface area contributed by atoms with Crippen LogP contribution in [0.3, 0.4) is 0 Å². The molecule has 0 atom stereocenters. The van der Waals surface area contributed by atoms with Gasteiger partial charge in [-0.25, -0.2) is 0 Å². The Hall–Kier alpha value is -1.72. The van der Waals surface area contributed by atoms with Crippen LogP contribution >= 0.6 is 0 Å². The van der Waals surface area contributed by atoms with Gasteiger partial charge in [-0.2, -0.15) is 0 Å². The summed E-state index contributed by atoms with van der Waals surface area (Å²) < 4.78 is 39.9. The van der Waals surface area contributed by atoms with Gasteiger partial charge >= 0.3 is 6.36 Å². The number of halogens is 3. The van der Waals surface area contributed by atoms with Gasteiger partial charge in [0.25, 0.3) is 5.91 Å². The number of benzene rings is 1. The summed E-state index contributed by atoms with van der Waals surface area (Å²) in [6, 6.07) is 3.97. The fourth-order valence-corrected chi connectivity index (χ4v) is 1.36. The van der Waals surface area contributed by atoms with E-state index in [2.05, 4.69) is 4.74 Å². The maximum atomic E-state index is 12.0. The lowest BCUT2D eigenvalue weighted by Gasteiger charge is -2.13. The zero-order valence-corrected chi connectivity index (χ0v) is 8.47. The quantitative estimate of drug-likeness (QED) is 0.870. The standard InChI is InChI=1S/C10H10F3NO2/c1-2-6-4-3-5-7(8(6)9(14)15)16-10(11,12)13/h3-5H,2H2,1H3,(H2,14,15). The number of amides is 1. The number of primary amides is 1. The van der Waals surface area contributed by atoms with E-state index in [0.29, 0.717) is 12.0 Å². The summed E-state index contributed by atoms with van der Waals surface area (Å²) in [5.41, 5.74) is 5.23. The summed E-state index contributed by atoms with van der Waals surface area (Å²) in [6.07, 6.45) is -4.44. The molecular weight excluding hydrogens is 223 g/mol. The number of hydrogen-bond donors (Lipinski definition) is 1. The molecule has 1 aromatic rings. The van der Waals surface area contributed by atoms with E-state index >= 15 is 0 Å². The number of aryl methyl sites for hydroxylation is 1. The number of alkyl halides is 3. The first kappa shape index (κ1) is 12.4. The molecule has 0 saturated carbocycles. The molecule has 1 rings (SSSR count). The number of nitrogens with two attached hydrogens (primary N) is 1. The Kier molecular flexibility index (Phi) is 3.41. The second-order valence-electron chi connectivity index (χ2n) is 3.06. The molecule has 0 unspecified atom stereocenters. The van der Waals surface area contributed by atoms with Crippen molar-refractivity contribution < 1.29 is 22.7 Å². The van der Waals surface area contributed by atoms with Crippen molar-refractivity contribution in [3.8, 4) is 5.75 Å². The third-order valence-corrected chi connectivity index (χ3v) is 1.97. The molecule has 0 fully saturated rings. The molecule has 0 heterocycles. The van der Waals surface area contributed by atoms with Crippen LogP contribution in [0.2, 0.25) is 0 Å². The fraction of sp³-hybridized carbons (Fsp3) is 0.300. The lowest BCUT2D eigenvalue weighted by Crippen LogP contribution is -2.22. The van der Waals surface area contributed by atoms with Gasteiger partial charge in [-0.1, -0.05) is 19.1 Å². The SMILES string of the molecule is CCc1cccc(OC(F)(F)F)c1C(N)=O. The maximum Gasteiger partial charge on any atom is 0.573 e. The zero-order valence-electron chi connectivity index (χ0n) is 8.47. The van der Waals surface area contributed by atoms with Crippen LogP contribution in [0, 0.1) is 0 Å². The Balaban J connectivity index is 3.22. The highest BCUT2D eigenvalue weighted by molar-refractivity contribution is 5.97. The Morgan fingerprint density at radius 1 is 1.44 bits per heavy atom. The van der Waals surface area contributed by atoms with Gasteiger partial charge < -0.3 is 10.5 Å². The van der Waals surface area contributed by atoms with E-state index in [1.54, 1.807) is 6.92 Å². The molecule has 0 aliphatic rings. The van der Waals surface area contributed by atoms with Crippen LogP contribution < -0.4 is 10.5 Å². The fourth-order valence-electron chi connectivity index (χ4n) is 1.36. The van der Waals surface area contributed by atoms with Crippen LogP contribution in [0.15, 0.2) is 18.2 Å². The molecule has 0 aliphatic carbocycles. The highest BCUT2D eigenvalue weighted by atomic mass is 19.4. The molecule has 2 N–H and O–H groups in total. The molecule has 0 saturated heterocycles.